The summed E-state index contributed by atoms with van der Waals surface area (Å²) in [5.74, 6) is -0.0399. The van der Waals surface area contributed by atoms with Gasteiger partial charge >= 0.3 is 0 Å². The second-order valence-corrected chi connectivity index (χ2v) is 4.71. The number of carbonyl (C=O) groups excluding carboxylic acids is 1. The Hall–Kier alpha value is -0.870. The van der Waals surface area contributed by atoms with E-state index in [0.717, 1.165) is 15.6 Å². The van der Waals surface area contributed by atoms with Crippen molar-refractivity contribution in [3.8, 4) is 0 Å². The molecule has 0 spiro atoms. The Morgan fingerprint density at radius 1 is 1.50 bits per heavy atom. The lowest BCUT2D eigenvalue weighted by atomic mass is 10.1. The van der Waals surface area contributed by atoms with Gasteiger partial charge in [-0.15, -0.1) is 0 Å². The van der Waals surface area contributed by atoms with Crippen molar-refractivity contribution >= 4 is 21.8 Å². The summed E-state index contributed by atoms with van der Waals surface area (Å²) in [6, 6.07) is 6.01. The molecule has 0 aliphatic rings. The molecule has 88 valence electrons. The summed E-state index contributed by atoms with van der Waals surface area (Å²) in [6.07, 6.45) is 0.184. The van der Waals surface area contributed by atoms with Gasteiger partial charge in [-0.1, -0.05) is 22.0 Å². The Morgan fingerprint density at radius 3 is 2.81 bits per heavy atom. The molecule has 0 aliphatic carbocycles. The quantitative estimate of drug-likeness (QED) is 0.920. The highest BCUT2D eigenvalue weighted by atomic mass is 79.9. The molecule has 1 amide bonds. The number of aryl methyl sites for hydroxylation is 1. The van der Waals surface area contributed by atoms with Crippen LogP contribution in [0.1, 0.15) is 17.5 Å². The average Bonchev–Trinajstić information content (AvgIpc) is 2.23. The SMILES string of the molecule is Cc1ccc(Br)cc1CN(C)C(=O)CCO. The maximum absolute atomic E-state index is 11.5. The highest BCUT2D eigenvalue weighted by molar-refractivity contribution is 9.10. The Morgan fingerprint density at radius 2 is 2.19 bits per heavy atom. The third kappa shape index (κ3) is 3.61. The number of halogens is 1. The summed E-state index contributed by atoms with van der Waals surface area (Å²) in [5, 5.41) is 8.70. The fourth-order valence-electron chi connectivity index (χ4n) is 1.44. The van der Waals surface area contributed by atoms with E-state index in [9.17, 15) is 4.79 Å². The van der Waals surface area contributed by atoms with Crippen molar-refractivity contribution in [1.29, 1.82) is 0 Å². The van der Waals surface area contributed by atoms with Crippen molar-refractivity contribution in [2.24, 2.45) is 0 Å². The summed E-state index contributed by atoms with van der Waals surface area (Å²) in [5.41, 5.74) is 2.27. The maximum Gasteiger partial charge on any atom is 0.224 e. The van der Waals surface area contributed by atoms with Crippen molar-refractivity contribution in [1.82, 2.24) is 4.90 Å². The van der Waals surface area contributed by atoms with Crippen LogP contribution in [0.4, 0.5) is 0 Å². The van der Waals surface area contributed by atoms with Crippen LogP contribution in [0.3, 0.4) is 0 Å². The van der Waals surface area contributed by atoms with E-state index in [0.29, 0.717) is 6.54 Å². The van der Waals surface area contributed by atoms with E-state index in [-0.39, 0.29) is 18.9 Å². The lowest BCUT2D eigenvalue weighted by molar-refractivity contribution is -0.131. The van der Waals surface area contributed by atoms with E-state index < -0.39 is 0 Å². The number of rotatable bonds is 4. The molecule has 1 rings (SSSR count). The number of carbonyl (C=O) groups is 1. The van der Waals surface area contributed by atoms with Gasteiger partial charge in [-0.3, -0.25) is 4.79 Å². The number of hydrogen-bond donors (Lipinski definition) is 1. The minimum atomic E-state index is -0.0966. The van der Waals surface area contributed by atoms with Crippen LogP contribution in [-0.4, -0.2) is 29.6 Å². The van der Waals surface area contributed by atoms with Crippen molar-refractivity contribution in [3.05, 3.63) is 33.8 Å². The van der Waals surface area contributed by atoms with Gasteiger partial charge in [-0.05, 0) is 30.2 Å². The second-order valence-electron chi connectivity index (χ2n) is 3.79. The lowest BCUT2D eigenvalue weighted by Gasteiger charge is -2.18. The van der Waals surface area contributed by atoms with E-state index >= 15 is 0 Å². The molecule has 0 unspecified atom stereocenters. The fourth-order valence-corrected chi connectivity index (χ4v) is 1.85. The predicted octanol–water partition coefficient (Wildman–Crippen LogP) is 2.10. The summed E-state index contributed by atoms with van der Waals surface area (Å²) in [6.45, 7) is 2.50. The number of benzene rings is 1. The zero-order valence-corrected chi connectivity index (χ0v) is 11.1. The first-order valence-corrected chi connectivity index (χ1v) is 5.93. The highest BCUT2D eigenvalue weighted by Crippen LogP contribution is 2.17. The first kappa shape index (κ1) is 13.2. The van der Waals surface area contributed by atoms with Crippen molar-refractivity contribution in [3.63, 3.8) is 0 Å². The van der Waals surface area contributed by atoms with Crippen LogP contribution in [0.2, 0.25) is 0 Å². The molecular weight excluding hydrogens is 270 g/mol. The van der Waals surface area contributed by atoms with Gasteiger partial charge in [-0.25, -0.2) is 0 Å². The zero-order chi connectivity index (χ0) is 12.1. The largest absolute Gasteiger partial charge is 0.396 e. The van der Waals surface area contributed by atoms with Gasteiger partial charge in [0.1, 0.15) is 0 Å². The van der Waals surface area contributed by atoms with E-state index in [1.54, 1.807) is 11.9 Å². The normalized spacial score (nSPS) is 10.2. The van der Waals surface area contributed by atoms with Crippen molar-refractivity contribution in [2.75, 3.05) is 13.7 Å². The van der Waals surface area contributed by atoms with Gasteiger partial charge in [-0.2, -0.15) is 0 Å². The first-order chi connectivity index (χ1) is 7.54. The third-order valence-corrected chi connectivity index (χ3v) is 2.96. The first-order valence-electron chi connectivity index (χ1n) is 5.14. The molecule has 0 atom stereocenters. The molecular formula is C12H16BrNO2. The average molecular weight is 286 g/mol. The van der Waals surface area contributed by atoms with Crippen LogP contribution in [0.15, 0.2) is 22.7 Å². The van der Waals surface area contributed by atoms with Crippen LogP contribution in [0.5, 0.6) is 0 Å². The molecule has 0 saturated heterocycles. The number of nitrogens with zero attached hydrogens (tertiary/aromatic N) is 1. The van der Waals surface area contributed by atoms with Crippen LogP contribution >= 0.6 is 15.9 Å². The molecule has 0 aliphatic heterocycles. The van der Waals surface area contributed by atoms with Gasteiger partial charge in [0.15, 0.2) is 0 Å². The zero-order valence-electron chi connectivity index (χ0n) is 9.53. The molecule has 4 heteroatoms. The molecule has 3 nitrogen and oxygen atoms in total. The topological polar surface area (TPSA) is 40.5 Å². The monoisotopic (exact) mass is 285 g/mol. The Balaban J connectivity index is 2.72. The summed E-state index contributed by atoms with van der Waals surface area (Å²) in [4.78, 5) is 13.1. The molecule has 1 aromatic carbocycles. The molecule has 16 heavy (non-hydrogen) atoms. The summed E-state index contributed by atoms with van der Waals surface area (Å²) >= 11 is 3.41. The van der Waals surface area contributed by atoms with Gasteiger partial charge < -0.3 is 10.0 Å². The lowest BCUT2D eigenvalue weighted by Crippen LogP contribution is -2.27. The molecule has 0 heterocycles. The van der Waals surface area contributed by atoms with E-state index in [1.807, 2.05) is 25.1 Å². The predicted molar refractivity (Wildman–Crippen MR) is 67.1 cm³/mol. The molecule has 1 N–H and O–H groups in total. The number of aliphatic hydroxyl groups excluding tert-OH is 1. The van der Waals surface area contributed by atoms with Gasteiger partial charge in [0, 0.05) is 24.5 Å². The molecule has 0 saturated carbocycles. The summed E-state index contributed by atoms with van der Waals surface area (Å²) < 4.78 is 1.01. The van der Waals surface area contributed by atoms with Crippen LogP contribution in [-0.2, 0) is 11.3 Å². The minimum absolute atomic E-state index is 0.0399. The smallest absolute Gasteiger partial charge is 0.224 e. The molecule has 0 bridgehead atoms. The van der Waals surface area contributed by atoms with Gasteiger partial charge in [0.25, 0.3) is 0 Å². The van der Waals surface area contributed by atoms with E-state index in [1.165, 1.54) is 0 Å². The van der Waals surface area contributed by atoms with Crippen molar-refractivity contribution < 1.29 is 9.90 Å². The number of hydrogen-bond acceptors (Lipinski definition) is 2. The maximum atomic E-state index is 11.5. The van der Waals surface area contributed by atoms with Gasteiger partial charge in [0.05, 0.1) is 6.61 Å². The number of aliphatic hydroxyl groups is 1. The minimum Gasteiger partial charge on any atom is -0.396 e. The molecule has 1 aromatic rings. The Bertz CT molecular complexity index is 379. The summed E-state index contributed by atoms with van der Waals surface area (Å²) in [7, 11) is 1.75. The Labute approximate surface area is 104 Å². The van der Waals surface area contributed by atoms with Crippen LogP contribution < -0.4 is 0 Å². The third-order valence-electron chi connectivity index (χ3n) is 2.47. The van der Waals surface area contributed by atoms with Crippen LogP contribution in [0, 0.1) is 6.92 Å². The molecule has 0 aromatic heterocycles. The molecule has 0 fully saturated rings. The Kier molecular flexibility index (Phi) is 4.96. The molecule has 0 radical (unpaired) electrons. The van der Waals surface area contributed by atoms with E-state index in [4.69, 9.17) is 5.11 Å². The fraction of sp³-hybridized carbons (Fsp3) is 0.417. The van der Waals surface area contributed by atoms with Crippen LogP contribution in [0.25, 0.3) is 0 Å². The highest BCUT2D eigenvalue weighted by Gasteiger charge is 2.09. The van der Waals surface area contributed by atoms with Crippen molar-refractivity contribution in [2.45, 2.75) is 19.9 Å². The number of amides is 1. The standard InChI is InChI=1S/C12H16BrNO2/c1-9-3-4-11(13)7-10(9)8-14(2)12(16)5-6-15/h3-4,7,15H,5-6,8H2,1-2H3. The second kappa shape index (κ2) is 6.01. The van der Waals surface area contributed by atoms with E-state index in [2.05, 4.69) is 15.9 Å². The van der Waals surface area contributed by atoms with Gasteiger partial charge in [0.2, 0.25) is 5.91 Å².